The molecule has 94 valence electrons. The van der Waals surface area contributed by atoms with E-state index in [0.29, 0.717) is 0 Å². The number of rotatable bonds is 2. The summed E-state index contributed by atoms with van der Waals surface area (Å²) in [5, 5.41) is 0. The molecule has 0 bridgehead atoms. The Kier molecular flexibility index (Phi) is 3.33. The first kappa shape index (κ1) is 12.3. The molecule has 1 N–H and O–H groups in total. The SMILES string of the molecule is CS(=O)(=O)Cc1nc2c(c(=O)[nH]1)CCCCC2. The second kappa shape index (κ2) is 4.60. The Labute approximate surface area is 100 Å². The van der Waals surface area contributed by atoms with Crippen LogP contribution in [0.15, 0.2) is 4.79 Å². The Morgan fingerprint density at radius 1 is 1.24 bits per heavy atom. The molecule has 0 radical (unpaired) electrons. The molecule has 0 spiro atoms. The number of aromatic nitrogens is 2. The van der Waals surface area contributed by atoms with Gasteiger partial charge in [-0.25, -0.2) is 13.4 Å². The smallest absolute Gasteiger partial charge is 0.254 e. The summed E-state index contributed by atoms with van der Waals surface area (Å²) >= 11 is 0. The largest absolute Gasteiger partial charge is 0.309 e. The minimum atomic E-state index is -3.16. The fourth-order valence-electron chi connectivity index (χ4n) is 2.15. The molecular weight excluding hydrogens is 240 g/mol. The highest BCUT2D eigenvalue weighted by atomic mass is 32.2. The third-order valence-corrected chi connectivity index (χ3v) is 3.69. The zero-order valence-electron chi connectivity index (χ0n) is 9.82. The highest BCUT2D eigenvalue weighted by molar-refractivity contribution is 7.89. The third-order valence-electron chi connectivity index (χ3n) is 2.89. The first-order valence-electron chi connectivity index (χ1n) is 5.74. The average molecular weight is 256 g/mol. The van der Waals surface area contributed by atoms with Gasteiger partial charge in [-0.05, 0) is 25.7 Å². The molecule has 1 aliphatic carbocycles. The van der Waals surface area contributed by atoms with Gasteiger partial charge in [0.2, 0.25) is 0 Å². The molecule has 5 nitrogen and oxygen atoms in total. The number of sulfone groups is 1. The monoisotopic (exact) mass is 256 g/mol. The van der Waals surface area contributed by atoms with Crippen LogP contribution < -0.4 is 5.56 Å². The van der Waals surface area contributed by atoms with Crippen molar-refractivity contribution in [3.8, 4) is 0 Å². The number of nitrogens with zero attached hydrogens (tertiary/aromatic N) is 1. The van der Waals surface area contributed by atoms with Crippen LogP contribution in [-0.4, -0.2) is 24.6 Å². The van der Waals surface area contributed by atoms with Crippen LogP contribution in [0.4, 0.5) is 0 Å². The lowest BCUT2D eigenvalue weighted by atomic mass is 10.1. The Balaban J connectivity index is 2.42. The van der Waals surface area contributed by atoms with E-state index in [1.54, 1.807) is 0 Å². The van der Waals surface area contributed by atoms with Crippen molar-refractivity contribution >= 4 is 9.84 Å². The van der Waals surface area contributed by atoms with Crippen LogP contribution in [0.2, 0.25) is 0 Å². The molecule has 0 aliphatic heterocycles. The van der Waals surface area contributed by atoms with Crippen molar-refractivity contribution in [2.75, 3.05) is 6.26 Å². The molecule has 0 saturated heterocycles. The number of fused-ring (bicyclic) bond motifs is 1. The Morgan fingerprint density at radius 2 is 1.94 bits per heavy atom. The topological polar surface area (TPSA) is 79.9 Å². The van der Waals surface area contributed by atoms with E-state index in [-0.39, 0.29) is 17.1 Å². The standard InChI is InChI=1S/C11H16N2O3S/c1-17(15,16)7-10-12-9-6-4-2-3-5-8(9)11(14)13-10/h2-7H2,1H3,(H,12,13,14). The van der Waals surface area contributed by atoms with Gasteiger partial charge >= 0.3 is 0 Å². The quantitative estimate of drug-likeness (QED) is 0.785. The van der Waals surface area contributed by atoms with Crippen LogP contribution in [-0.2, 0) is 28.4 Å². The fraction of sp³-hybridized carbons (Fsp3) is 0.636. The van der Waals surface area contributed by atoms with E-state index in [1.165, 1.54) is 0 Å². The molecule has 6 heteroatoms. The van der Waals surface area contributed by atoms with Crippen molar-refractivity contribution in [3.63, 3.8) is 0 Å². The van der Waals surface area contributed by atoms with Crippen molar-refractivity contribution in [2.45, 2.75) is 37.9 Å². The van der Waals surface area contributed by atoms with E-state index in [2.05, 4.69) is 9.97 Å². The van der Waals surface area contributed by atoms with Crippen LogP contribution in [0.25, 0.3) is 0 Å². The number of nitrogens with one attached hydrogen (secondary N) is 1. The van der Waals surface area contributed by atoms with Crippen LogP contribution in [0.3, 0.4) is 0 Å². The van der Waals surface area contributed by atoms with Gasteiger partial charge in [0.15, 0.2) is 9.84 Å². The maximum absolute atomic E-state index is 11.8. The first-order valence-corrected chi connectivity index (χ1v) is 7.80. The summed E-state index contributed by atoms with van der Waals surface area (Å²) in [5.74, 6) is 0.0633. The van der Waals surface area contributed by atoms with Gasteiger partial charge in [-0.15, -0.1) is 0 Å². The van der Waals surface area contributed by atoms with Gasteiger partial charge in [-0.3, -0.25) is 4.79 Å². The molecular formula is C11H16N2O3S. The van der Waals surface area contributed by atoms with Crippen molar-refractivity contribution in [3.05, 3.63) is 27.4 Å². The van der Waals surface area contributed by atoms with E-state index in [4.69, 9.17) is 0 Å². The van der Waals surface area contributed by atoms with Gasteiger partial charge in [0.25, 0.3) is 5.56 Å². The highest BCUT2D eigenvalue weighted by Crippen LogP contribution is 2.15. The maximum Gasteiger partial charge on any atom is 0.254 e. The minimum Gasteiger partial charge on any atom is -0.309 e. The molecule has 1 aromatic heterocycles. The van der Waals surface area contributed by atoms with Gasteiger partial charge in [0.05, 0.1) is 5.69 Å². The predicted molar refractivity (Wildman–Crippen MR) is 64.7 cm³/mol. The lowest BCUT2D eigenvalue weighted by Gasteiger charge is -2.06. The predicted octanol–water partition coefficient (Wildman–Crippen LogP) is 0.583. The van der Waals surface area contributed by atoms with Gasteiger partial charge in [0.1, 0.15) is 11.6 Å². The molecule has 0 fully saturated rings. The molecule has 0 atom stereocenters. The maximum atomic E-state index is 11.8. The second-order valence-electron chi connectivity index (χ2n) is 4.57. The molecule has 1 aliphatic rings. The van der Waals surface area contributed by atoms with Gasteiger partial charge in [0, 0.05) is 11.8 Å². The lowest BCUT2D eigenvalue weighted by molar-refractivity contribution is 0.599. The van der Waals surface area contributed by atoms with E-state index in [1.807, 2.05) is 0 Å². The van der Waals surface area contributed by atoms with Crippen molar-refractivity contribution < 1.29 is 8.42 Å². The van der Waals surface area contributed by atoms with Gasteiger partial charge in [-0.1, -0.05) is 6.42 Å². The van der Waals surface area contributed by atoms with Crippen LogP contribution in [0.5, 0.6) is 0 Å². The number of hydrogen-bond donors (Lipinski definition) is 1. The second-order valence-corrected chi connectivity index (χ2v) is 6.71. The Morgan fingerprint density at radius 3 is 2.65 bits per heavy atom. The van der Waals surface area contributed by atoms with E-state index < -0.39 is 9.84 Å². The van der Waals surface area contributed by atoms with Crippen molar-refractivity contribution in [2.24, 2.45) is 0 Å². The summed E-state index contributed by atoms with van der Waals surface area (Å²) in [7, 11) is -3.16. The van der Waals surface area contributed by atoms with Crippen LogP contribution in [0, 0.1) is 0 Å². The van der Waals surface area contributed by atoms with E-state index >= 15 is 0 Å². The molecule has 17 heavy (non-hydrogen) atoms. The molecule has 0 unspecified atom stereocenters. The number of aromatic amines is 1. The summed E-state index contributed by atoms with van der Waals surface area (Å²) in [6.07, 6.45) is 5.77. The zero-order chi connectivity index (χ0) is 12.5. The average Bonchev–Trinajstić information content (AvgIpc) is 2.40. The number of H-pyrrole nitrogens is 1. The van der Waals surface area contributed by atoms with Gasteiger partial charge in [-0.2, -0.15) is 0 Å². The molecule has 0 saturated carbocycles. The fourth-order valence-corrected chi connectivity index (χ4v) is 2.78. The molecule has 2 rings (SSSR count). The van der Waals surface area contributed by atoms with Gasteiger partial charge < -0.3 is 4.98 Å². The van der Waals surface area contributed by atoms with E-state index in [0.717, 1.165) is 49.6 Å². The highest BCUT2D eigenvalue weighted by Gasteiger charge is 2.16. The summed E-state index contributed by atoms with van der Waals surface area (Å²) in [6.45, 7) is 0. The molecule has 0 amide bonds. The van der Waals surface area contributed by atoms with Crippen LogP contribution in [0.1, 0.15) is 36.3 Å². The summed E-state index contributed by atoms with van der Waals surface area (Å²) in [6, 6.07) is 0. The number of aryl methyl sites for hydroxylation is 1. The van der Waals surface area contributed by atoms with E-state index in [9.17, 15) is 13.2 Å². The first-order chi connectivity index (χ1) is 7.96. The third kappa shape index (κ3) is 3.15. The van der Waals surface area contributed by atoms with Crippen molar-refractivity contribution in [1.82, 2.24) is 9.97 Å². The van der Waals surface area contributed by atoms with Crippen molar-refractivity contribution in [1.29, 1.82) is 0 Å². The lowest BCUT2D eigenvalue weighted by Crippen LogP contribution is -2.21. The normalized spacial score (nSPS) is 16.3. The zero-order valence-corrected chi connectivity index (χ0v) is 10.6. The Hall–Kier alpha value is -1.17. The Bertz CT molecular complexity index is 575. The number of hydrogen-bond acceptors (Lipinski definition) is 4. The summed E-state index contributed by atoms with van der Waals surface area (Å²) in [5.41, 5.74) is 1.35. The minimum absolute atomic E-state index is 0.171. The molecule has 1 heterocycles. The summed E-state index contributed by atoms with van der Waals surface area (Å²) < 4.78 is 22.4. The molecule has 1 aromatic rings. The molecule has 0 aromatic carbocycles. The summed E-state index contributed by atoms with van der Waals surface area (Å²) in [4.78, 5) is 18.7. The van der Waals surface area contributed by atoms with Crippen LogP contribution >= 0.6 is 0 Å².